The van der Waals surface area contributed by atoms with Gasteiger partial charge in [0, 0.05) is 0 Å². The van der Waals surface area contributed by atoms with Gasteiger partial charge in [0.15, 0.2) is 0 Å². The molecule has 0 atom stereocenters. The molecule has 4 nitrogen and oxygen atoms in total. The summed E-state index contributed by atoms with van der Waals surface area (Å²) in [5.41, 5.74) is 2.49. The second-order valence-electron chi connectivity index (χ2n) is 8.23. The first kappa shape index (κ1) is 23.3. The summed E-state index contributed by atoms with van der Waals surface area (Å²) in [5, 5.41) is 0. The van der Waals surface area contributed by atoms with Crippen LogP contribution in [0.25, 0.3) is 0 Å². The Morgan fingerprint density at radius 1 is 0.786 bits per heavy atom. The molecule has 156 valence electrons. The molecule has 0 amide bonds. The van der Waals surface area contributed by atoms with Crippen molar-refractivity contribution in [3.63, 3.8) is 0 Å². The maximum atomic E-state index is 11.5. The number of benzene rings is 2. The van der Waals surface area contributed by atoms with Crippen molar-refractivity contribution in [1.29, 1.82) is 0 Å². The van der Waals surface area contributed by atoms with Gasteiger partial charge in [0.1, 0.15) is 0 Å². The van der Waals surface area contributed by atoms with Gasteiger partial charge in [-0.05, 0) is 0 Å². The van der Waals surface area contributed by atoms with Crippen molar-refractivity contribution in [1.82, 2.24) is 0 Å². The summed E-state index contributed by atoms with van der Waals surface area (Å²) in [6, 6.07) is 15.9. The van der Waals surface area contributed by atoms with Gasteiger partial charge >= 0.3 is 178 Å². The predicted molar refractivity (Wildman–Crippen MR) is 124 cm³/mol. The minimum atomic E-state index is -4.54. The van der Waals surface area contributed by atoms with Crippen molar-refractivity contribution in [2.45, 2.75) is 65.2 Å². The molecule has 0 bridgehead atoms. The van der Waals surface area contributed by atoms with Crippen LogP contribution < -0.4 is 0 Å². The van der Waals surface area contributed by atoms with Crippen LogP contribution in [0.4, 0.5) is 0 Å². The average Bonchev–Trinajstić information content (AvgIpc) is 2.65. The Bertz CT molecular complexity index is 826. The van der Waals surface area contributed by atoms with E-state index in [1.807, 2.05) is 48.5 Å². The van der Waals surface area contributed by atoms with E-state index in [1.165, 1.54) is 11.1 Å². The molecule has 0 fully saturated rings. The molecule has 0 radical (unpaired) electrons. The van der Waals surface area contributed by atoms with Crippen LogP contribution in [0.1, 0.15) is 65.5 Å². The summed E-state index contributed by atoms with van der Waals surface area (Å²) in [5.74, 6) is 0. The van der Waals surface area contributed by atoms with Crippen molar-refractivity contribution < 1.29 is 15.5 Å². The van der Waals surface area contributed by atoms with E-state index in [1.54, 1.807) is 0 Å². The second-order valence-corrected chi connectivity index (χ2v) is 14.2. The normalized spacial score (nSPS) is 13.5. The molecule has 2 aromatic rings. The third-order valence-electron chi connectivity index (χ3n) is 5.56. The molecule has 0 aliphatic heterocycles. The van der Waals surface area contributed by atoms with Gasteiger partial charge in [-0.15, -0.1) is 0 Å². The van der Waals surface area contributed by atoms with E-state index in [4.69, 9.17) is 2.51 Å². The molecule has 0 saturated heterocycles. The molecule has 0 aromatic heterocycles. The van der Waals surface area contributed by atoms with Crippen molar-refractivity contribution >= 4 is 30.6 Å². The summed E-state index contributed by atoms with van der Waals surface area (Å²) in [6.07, 6.45) is 2.01. The molecule has 0 aliphatic carbocycles. The fourth-order valence-electron chi connectivity index (χ4n) is 2.72. The zero-order valence-corrected chi connectivity index (χ0v) is 20.5. The summed E-state index contributed by atoms with van der Waals surface area (Å²) in [4.78, 5) is 0. The fraction of sp³-hybridized carbons (Fsp3) is 0.455. The molecule has 0 spiro atoms. The Labute approximate surface area is 177 Å². The standard InChI is InChI=1S/C22H31IO4S/c1-7-21(3,4)17-9-13-19(14-10-17)23(27-28(24,25)26)20-15-11-18(12-16-20)22(5,6)8-2/h9-16H,7-8H2,1-6H3,(H,24,25,26). The SMILES string of the molecule is CCC(C)(C)c1ccc(I(OS(=O)(=O)O)c2ccc(C(C)(C)CC)cc2)cc1. The first-order valence-electron chi connectivity index (χ1n) is 9.48. The molecule has 2 rings (SSSR count). The molecule has 0 heterocycles. The van der Waals surface area contributed by atoms with Gasteiger partial charge < -0.3 is 0 Å². The van der Waals surface area contributed by atoms with Crippen LogP contribution >= 0.6 is 20.2 Å². The number of rotatable bonds is 8. The third-order valence-corrected chi connectivity index (χ3v) is 12.0. The van der Waals surface area contributed by atoms with Gasteiger partial charge in [-0.2, -0.15) is 0 Å². The molecule has 0 unspecified atom stereocenters. The second kappa shape index (κ2) is 8.81. The number of halogens is 1. The van der Waals surface area contributed by atoms with Crippen molar-refractivity contribution in [2.75, 3.05) is 0 Å². The summed E-state index contributed by atoms with van der Waals surface area (Å²) < 4.78 is 39.2. The zero-order chi connectivity index (χ0) is 21.2. The van der Waals surface area contributed by atoms with Gasteiger partial charge in [0.05, 0.1) is 0 Å². The summed E-state index contributed by atoms with van der Waals surface area (Å²) in [7, 11) is -4.54. The van der Waals surface area contributed by atoms with Crippen LogP contribution in [-0.4, -0.2) is 13.0 Å². The van der Waals surface area contributed by atoms with E-state index in [0.29, 0.717) is 0 Å². The number of hydrogen-bond acceptors (Lipinski definition) is 3. The van der Waals surface area contributed by atoms with Crippen LogP contribution in [0.5, 0.6) is 0 Å². The molecule has 1 N–H and O–H groups in total. The molecule has 0 aliphatic rings. The van der Waals surface area contributed by atoms with E-state index in [0.717, 1.165) is 20.0 Å². The van der Waals surface area contributed by atoms with Crippen molar-refractivity contribution in [2.24, 2.45) is 0 Å². The van der Waals surface area contributed by atoms with Crippen LogP contribution in [0.3, 0.4) is 0 Å². The van der Waals surface area contributed by atoms with Crippen LogP contribution in [0.15, 0.2) is 48.5 Å². The van der Waals surface area contributed by atoms with Crippen LogP contribution in [-0.2, 0) is 23.7 Å². The van der Waals surface area contributed by atoms with Gasteiger partial charge in [-0.3, -0.25) is 0 Å². The van der Waals surface area contributed by atoms with E-state index in [9.17, 15) is 13.0 Å². The minimum absolute atomic E-state index is 0.0505. The van der Waals surface area contributed by atoms with Crippen molar-refractivity contribution in [3.8, 4) is 0 Å². The molecular weight excluding hydrogens is 487 g/mol. The van der Waals surface area contributed by atoms with Gasteiger partial charge in [-0.25, -0.2) is 0 Å². The summed E-state index contributed by atoms with van der Waals surface area (Å²) >= 11 is -2.80. The van der Waals surface area contributed by atoms with Crippen LogP contribution in [0.2, 0.25) is 0 Å². The quantitative estimate of drug-likeness (QED) is 0.327. The topological polar surface area (TPSA) is 63.6 Å². The Kier molecular flexibility index (Phi) is 7.34. The average molecular weight is 518 g/mol. The molecule has 6 heteroatoms. The monoisotopic (exact) mass is 518 g/mol. The first-order chi connectivity index (χ1) is 12.9. The van der Waals surface area contributed by atoms with E-state index in [-0.39, 0.29) is 10.8 Å². The predicted octanol–water partition coefficient (Wildman–Crippen LogP) is 6.34. The molecule has 28 heavy (non-hydrogen) atoms. The third kappa shape index (κ3) is 5.78. The summed E-state index contributed by atoms with van der Waals surface area (Å²) in [6.45, 7) is 13.0. The van der Waals surface area contributed by atoms with Crippen LogP contribution in [0, 0.1) is 7.14 Å². The van der Waals surface area contributed by atoms with Gasteiger partial charge in [-0.1, -0.05) is 0 Å². The number of hydrogen-bond donors (Lipinski definition) is 1. The first-order valence-corrected chi connectivity index (χ1v) is 13.9. The Balaban J connectivity index is 2.43. The zero-order valence-electron chi connectivity index (χ0n) is 17.5. The molecular formula is C22H31IO4S. The van der Waals surface area contributed by atoms with Crippen molar-refractivity contribution in [3.05, 3.63) is 66.8 Å². The maximum absolute atomic E-state index is 11.5. The molecule has 0 saturated carbocycles. The fourth-order valence-corrected chi connectivity index (χ4v) is 8.38. The van der Waals surface area contributed by atoms with E-state index >= 15 is 0 Å². The van der Waals surface area contributed by atoms with Gasteiger partial charge in [0.2, 0.25) is 0 Å². The molecule has 2 aromatic carbocycles. The Morgan fingerprint density at radius 3 is 1.36 bits per heavy atom. The van der Waals surface area contributed by atoms with E-state index < -0.39 is 30.6 Å². The van der Waals surface area contributed by atoms with Gasteiger partial charge in [0.25, 0.3) is 0 Å². The Hall–Kier alpha value is -0.960. The Morgan fingerprint density at radius 2 is 1.11 bits per heavy atom. The van der Waals surface area contributed by atoms with E-state index in [2.05, 4.69) is 41.5 Å².